The van der Waals surface area contributed by atoms with E-state index < -0.39 is 0 Å². The van der Waals surface area contributed by atoms with E-state index in [0.717, 1.165) is 19.6 Å². The topological polar surface area (TPSA) is 18.5 Å². The number of thiocarbonyl (C=S) groups is 1. The number of hydrogen-bond acceptors (Lipinski definition) is 4. The minimum atomic E-state index is 0.180. The van der Waals surface area contributed by atoms with Crippen LogP contribution in [0.4, 0.5) is 0 Å². The van der Waals surface area contributed by atoms with Gasteiger partial charge in [-0.15, -0.1) is 0 Å². The molecule has 2 nitrogen and oxygen atoms in total. The molecule has 1 heterocycles. The van der Waals surface area contributed by atoms with Gasteiger partial charge in [0.1, 0.15) is 0 Å². The molecule has 0 aliphatic carbocycles. The maximum Gasteiger partial charge on any atom is 0.219 e. The summed E-state index contributed by atoms with van der Waals surface area (Å²) < 4.78 is 11.3. The van der Waals surface area contributed by atoms with Gasteiger partial charge in [0, 0.05) is 12.0 Å². The summed E-state index contributed by atoms with van der Waals surface area (Å²) in [5.74, 6) is 0. The van der Waals surface area contributed by atoms with Crippen LogP contribution in [-0.2, 0) is 9.47 Å². The molecule has 1 aliphatic rings. The lowest BCUT2D eigenvalue weighted by molar-refractivity contribution is 0.117. The second kappa shape index (κ2) is 4.44. The first-order chi connectivity index (χ1) is 5.66. The van der Waals surface area contributed by atoms with Crippen molar-refractivity contribution in [2.75, 3.05) is 26.1 Å². The van der Waals surface area contributed by atoms with Gasteiger partial charge in [-0.3, -0.25) is 0 Å². The summed E-state index contributed by atoms with van der Waals surface area (Å²) in [6.07, 6.45) is 3.00. The highest BCUT2D eigenvalue weighted by atomic mass is 32.2. The van der Waals surface area contributed by atoms with Gasteiger partial charge in [0.2, 0.25) is 4.38 Å². The van der Waals surface area contributed by atoms with Gasteiger partial charge in [0.25, 0.3) is 0 Å². The molecule has 0 aromatic heterocycles. The largest absolute Gasteiger partial charge is 0.478 e. The Morgan fingerprint density at radius 3 is 3.00 bits per heavy atom. The number of ether oxygens (including phenoxy) is 2. The summed E-state index contributed by atoms with van der Waals surface area (Å²) in [5.41, 5.74) is 0.180. The molecular formula is C8H14O2S2. The molecule has 0 radical (unpaired) electrons. The van der Waals surface area contributed by atoms with Crippen molar-refractivity contribution in [2.45, 2.75) is 13.3 Å². The van der Waals surface area contributed by atoms with Crippen LogP contribution in [0, 0.1) is 5.41 Å². The molecule has 4 heteroatoms. The van der Waals surface area contributed by atoms with Crippen LogP contribution in [0.1, 0.15) is 13.3 Å². The van der Waals surface area contributed by atoms with Crippen LogP contribution in [0.3, 0.4) is 0 Å². The Hall–Kier alpha value is 0.200. The maximum absolute atomic E-state index is 5.39. The Labute approximate surface area is 83.0 Å². The lowest BCUT2D eigenvalue weighted by Crippen LogP contribution is -2.24. The van der Waals surface area contributed by atoms with Crippen molar-refractivity contribution >= 4 is 28.4 Å². The molecule has 0 bridgehead atoms. The van der Waals surface area contributed by atoms with E-state index in [4.69, 9.17) is 21.7 Å². The maximum atomic E-state index is 5.39. The SMILES string of the molecule is CSC(=S)OCC1(C)CCOC1. The highest BCUT2D eigenvalue weighted by molar-refractivity contribution is 8.22. The smallest absolute Gasteiger partial charge is 0.219 e. The molecular weight excluding hydrogens is 192 g/mol. The molecule has 70 valence electrons. The molecule has 1 saturated heterocycles. The highest BCUT2D eigenvalue weighted by Crippen LogP contribution is 2.28. The normalized spacial score (nSPS) is 28.8. The van der Waals surface area contributed by atoms with Gasteiger partial charge in [-0.1, -0.05) is 18.7 Å². The van der Waals surface area contributed by atoms with Crippen molar-refractivity contribution in [3.63, 3.8) is 0 Å². The fourth-order valence-electron chi connectivity index (χ4n) is 1.12. The van der Waals surface area contributed by atoms with E-state index in [9.17, 15) is 0 Å². The first-order valence-corrected chi connectivity index (χ1v) is 5.58. The lowest BCUT2D eigenvalue weighted by Gasteiger charge is -2.21. The second-order valence-electron chi connectivity index (χ2n) is 3.36. The van der Waals surface area contributed by atoms with E-state index in [2.05, 4.69) is 6.92 Å². The van der Waals surface area contributed by atoms with Crippen LogP contribution in [0.15, 0.2) is 0 Å². The van der Waals surface area contributed by atoms with Crippen molar-refractivity contribution in [2.24, 2.45) is 5.41 Å². The second-order valence-corrected chi connectivity index (χ2v) is 4.76. The molecule has 1 atom stereocenters. The van der Waals surface area contributed by atoms with E-state index in [1.807, 2.05) is 6.26 Å². The van der Waals surface area contributed by atoms with Gasteiger partial charge in [-0.2, -0.15) is 0 Å². The summed E-state index contributed by atoms with van der Waals surface area (Å²) >= 11 is 6.41. The summed E-state index contributed by atoms with van der Waals surface area (Å²) in [5, 5.41) is 0. The lowest BCUT2D eigenvalue weighted by atomic mass is 9.91. The first-order valence-electron chi connectivity index (χ1n) is 3.95. The average Bonchev–Trinajstić information content (AvgIpc) is 2.49. The molecule has 1 unspecified atom stereocenters. The van der Waals surface area contributed by atoms with Crippen LogP contribution in [0.5, 0.6) is 0 Å². The first kappa shape index (κ1) is 10.3. The predicted molar refractivity (Wildman–Crippen MR) is 55.6 cm³/mol. The zero-order chi connectivity index (χ0) is 9.03. The molecule has 0 amide bonds. The van der Waals surface area contributed by atoms with Crippen LogP contribution >= 0.6 is 24.0 Å². The number of hydrogen-bond donors (Lipinski definition) is 0. The van der Waals surface area contributed by atoms with Gasteiger partial charge in [0.05, 0.1) is 13.2 Å². The fraction of sp³-hybridized carbons (Fsp3) is 0.875. The Morgan fingerprint density at radius 1 is 1.75 bits per heavy atom. The van der Waals surface area contributed by atoms with Crippen molar-refractivity contribution in [1.82, 2.24) is 0 Å². The standard InChI is InChI=1S/C8H14O2S2/c1-8(3-4-9-5-8)6-10-7(11)12-2/h3-6H2,1-2H3. The van der Waals surface area contributed by atoms with Crippen LogP contribution in [0.2, 0.25) is 0 Å². The fourth-order valence-corrected chi connectivity index (χ4v) is 1.35. The molecule has 0 N–H and O–H groups in total. The summed E-state index contributed by atoms with van der Waals surface area (Å²) in [6.45, 7) is 4.51. The van der Waals surface area contributed by atoms with Crippen molar-refractivity contribution < 1.29 is 9.47 Å². The van der Waals surface area contributed by atoms with E-state index in [-0.39, 0.29) is 5.41 Å². The zero-order valence-electron chi connectivity index (χ0n) is 7.46. The van der Waals surface area contributed by atoms with Crippen molar-refractivity contribution in [3.8, 4) is 0 Å². The number of rotatable bonds is 2. The molecule has 1 rings (SSSR count). The summed E-state index contributed by atoms with van der Waals surface area (Å²) in [7, 11) is 0. The zero-order valence-corrected chi connectivity index (χ0v) is 9.09. The predicted octanol–water partition coefficient (Wildman–Crippen LogP) is 2.08. The molecule has 0 saturated carbocycles. The molecule has 1 aliphatic heterocycles. The average molecular weight is 206 g/mol. The Morgan fingerprint density at radius 2 is 2.50 bits per heavy atom. The summed E-state index contributed by atoms with van der Waals surface area (Å²) in [4.78, 5) is 0. The van der Waals surface area contributed by atoms with Gasteiger partial charge < -0.3 is 9.47 Å². The Balaban J connectivity index is 2.25. The van der Waals surface area contributed by atoms with E-state index in [1.54, 1.807) is 0 Å². The molecule has 0 aromatic rings. The molecule has 0 aromatic carbocycles. The summed E-state index contributed by atoms with van der Waals surface area (Å²) in [6, 6.07) is 0. The van der Waals surface area contributed by atoms with Gasteiger partial charge in [-0.05, 0) is 24.9 Å². The Bertz CT molecular complexity index is 164. The minimum absolute atomic E-state index is 0.180. The van der Waals surface area contributed by atoms with E-state index in [1.165, 1.54) is 11.8 Å². The number of thioether (sulfide) groups is 1. The monoisotopic (exact) mass is 206 g/mol. The van der Waals surface area contributed by atoms with Crippen molar-refractivity contribution in [1.29, 1.82) is 0 Å². The molecule has 1 fully saturated rings. The van der Waals surface area contributed by atoms with E-state index >= 15 is 0 Å². The van der Waals surface area contributed by atoms with Gasteiger partial charge in [-0.25, -0.2) is 0 Å². The van der Waals surface area contributed by atoms with Crippen LogP contribution in [-0.4, -0.2) is 30.5 Å². The quantitative estimate of drug-likeness (QED) is 0.644. The third-order valence-corrected chi connectivity index (χ3v) is 3.07. The van der Waals surface area contributed by atoms with Crippen LogP contribution in [0.25, 0.3) is 0 Å². The Kier molecular flexibility index (Phi) is 3.80. The molecule has 12 heavy (non-hydrogen) atoms. The highest BCUT2D eigenvalue weighted by Gasteiger charge is 2.30. The third-order valence-electron chi connectivity index (χ3n) is 2.01. The molecule has 0 spiro atoms. The van der Waals surface area contributed by atoms with Crippen molar-refractivity contribution in [3.05, 3.63) is 0 Å². The third kappa shape index (κ3) is 2.92. The van der Waals surface area contributed by atoms with E-state index in [0.29, 0.717) is 11.0 Å². The minimum Gasteiger partial charge on any atom is -0.478 e. The van der Waals surface area contributed by atoms with Gasteiger partial charge in [0.15, 0.2) is 0 Å². The van der Waals surface area contributed by atoms with Crippen LogP contribution < -0.4 is 0 Å². The van der Waals surface area contributed by atoms with Gasteiger partial charge >= 0.3 is 0 Å².